The number of sulfonamides is 1. The molecule has 0 heterocycles. The summed E-state index contributed by atoms with van der Waals surface area (Å²) < 4.78 is 27.0. The third-order valence-electron chi connectivity index (χ3n) is 6.31. The minimum absolute atomic E-state index is 0.132. The van der Waals surface area contributed by atoms with E-state index in [1.54, 1.807) is 25.1 Å². The van der Waals surface area contributed by atoms with Crippen molar-refractivity contribution in [1.82, 2.24) is 10.2 Å². The molecule has 0 spiro atoms. The number of anilines is 1. The number of carbonyl (C=O) groups is 2. The average molecular weight is 584 g/mol. The fourth-order valence-electron chi connectivity index (χ4n) is 4.51. The van der Waals surface area contributed by atoms with Crippen LogP contribution in [0.3, 0.4) is 0 Å². The van der Waals surface area contributed by atoms with Crippen LogP contribution in [0.2, 0.25) is 5.02 Å². The van der Waals surface area contributed by atoms with Crippen LogP contribution in [-0.2, 0) is 32.6 Å². The van der Waals surface area contributed by atoms with Gasteiger partial charge in [-0.05, 0) is 69.5 Å². The van der Waals surface area contributed by atoms with E-state index >= 15 is 0 Å². The van der Waals surface area contributed by atoms with Crippen molar-refractivity contribution in [1.29, 1.82) is 0 Å². The third kappa shape index (κ3) is 8.83. The fraction of sp³-hybridized carbons (Fsp3) is 0.355. The Morgan fingerprint density at radius 2 is 1.57 bits per heavy atom. The number of hydrogen-bond acceptors (Lipinski definition) is 4. The highest BCUT2D eigenvalue weighted by Crippen LogP contribution is 2.26. The summed E-state index contributed by atoms with van der Waals surface area (Å²) in [6.07, 6.45) is 1.33. The lowest BCUT2D eigenvalue weighted by atomic mass is 10.0. The molecule has 1 atom stereocenters. The summed E-state index contributed by atoms with van der Waals surface area (Å²) >= 11 is 6.11. The van der Waals surface area contributed by atoms with E-state index in [0.29, 0.717) is 16.3 Å². The zero-order valence-corrected chi connectivity index (χ0v) is 25.5. The summed E-state index contributed by atoms with van der Waals surface area (Å²) in [5.41, 5.74) is 3.16. The van der Waals surface area contributed by atoms with E-state index in [2.05, 4.69) is 5.32 Å². The van der Waals surface area contributed by atoms with Gasteiger partial charge in [-0.1, -0.05) is 71.8 Å². The Kier molecular flexibility index (Phi) is 10.0. The minimum atomic E-state index is -3.85. The topological polar surface area (TPSA) is 86.8 Å². The van der Waals surface area contributed by atoms with Gasteiger partial charge in [0.15, 0.2) is 0 Å². The van der Waals surface area contributed by atoms with E-state index < -0.39 is 34.1 Å². The van der Waals surface area contributed by atoms with Gasteiger partial charge in [0.25, 0.3) is 0 Å². The molecular formula is C31H38ClN3O4S. The van der Waals surface area contributed by atoms with E-state index in [4.69, 9.17) is 11.6 Å². The van der Waals surface area contributed by atoms with Crippen molar-refractivity contribution in [2.24, 2.45) is 0 Å². The zero-order chi connectivity index (χ0) is 29.7. The lowest BCUT2D eigenvalue weighted by Crippen LogP contribution is -2.56. The number of amides is 2. The molecule has 1 N–H and O–H groups in total. The van der Waals surface area contributed by atoms with E-state index in [-0.39, 0.29) is 18.9 Å². The van der Waals surface area contributed by atoms with Crippen molar-refractivity contribution in [2.75, 3.05) is 17.1 Å². The molecule has 0 aliphatic heterocycles. The maximum atomic E-state index is 14.2. The molecule has 0 aliphatic rings. The SMILES string of the molecule is Cc1cccc(CN(C(=O)CN(c2ccc(Cl)cc2C)S(C)(=O)=O)[C@H](Cc2ccccc2)C(=O)NC(C)(C)C)c1. The minimum Gasteiger partial charge on any atom is -0.350 e. The van der Waals surface area contributed by atoms with Crippen LogP contribution in [0.25, 0.3) is 0 Å². The summed E-state index contributed by atoms with van der Waals surface area (Å²) in [6.45, 7) is 9.00. The summed E-state index contributed by atoms with van der Waals surface area (Å²) in [5, 5.41) is 3.49. The fourth-order valence-corrected chi connectivity index (χ4v) is 5.64. The monoisotopic (exact) mass is 583 g/mol. The molecular weight excluding hydrogens is 546 g/mol. The molecule has 2 amide bonds. The first-order valence-corrected chi connectivity index (χ1v) is 15.3. The van der Waals surface area contributed by atoms with Gasteiger partial charge in [0.1, 0.15) is 12.6 Å². The molecule has 0 radical (unpaired) electrons. The normalized spacial score (nSPS) is 12.5. The number of aryl methyl sites for hydroxylation is 2. The number of halogens is 1. The highest BCUT2D eigenvalue weighted by atomic mass is 35.5. The molecule has 40 heavy (non-hydrogen) atoms. The number of rotatable bonds is 10. The van der Waals surface area contributed by atoms with Crippen molar-refractivity contribution in [3.05, 3.63) is 100 Å². The molecule has 0 saturated carbocycles. The Labute approximate surface area is 243 Å². The second-order valence-corrected chi connectivity index (χ2v) is 13.5. The highest BCUT2D eigenvalue weighted by molar-refractivity contribution is 7.92. The number of hydrogen-bond donors (Lipinski definition) is 1. The van der Waals surface area contributed by atoms with Crippen molar-refractivity contribution in [2.45, 2.75) is 59.2 Å². The van der Waals surface area contributed by atoms with Gasteiger partial charge in [-0.15, -0.1) is 0 Å². The standard InChI is InChI=1S/C31H38ClN3O4S/c1-22-11-10-14-25(17-22)20-34(28(30(37)33-31(3,4)5)19-24-12-8-7-9-13-24)29(36)21-35(40(6,38)39)27-16-15-26(32)18-23(27)2/h7-18,28H,19-21H2,1-6H3,(H,33,37)/t28-/m1/s1. The maximum absolute atomic E-state index is 14.2. The van der Waals surface area contributed by atoms with Gasteiger partial charge < -0.3 is 10.2 Å². The molecule has 0 bridgehead atoms. The molecule has 9 heteroatoms. The predicted octanol–water partition coefficient (Wildman–Crippen LogP) is 5.28. The Balaban J connectivity index is 2.09. The first kappa shape index (κ1) is 31.2. The van der Waals surface area contributed by atoms with Crippen LogP contribution in [0.1, 0.15) is 43.0 Å². The number of carbonyl (C=O) groups excluding carboxylic acids is 2. The van der Waals surface area contributed by atoms with Gasteiger partial charge >= 0.3 is 0 Å². The average Bonchev–Trinajstić information content (AvgIpc) is 2.84. The molecule has 0 aromatic heterocycles. The van der Waals surface area contributed by atoms with E-state index in [9.17, 15) is 18.0 Å². The third-order valence-corrected chi connectivity index (χ3v) is 7.67. The molecule has 7 nitrogen and oxygen atoms in total. The van der Waals surface area contributed by atoms with Gasteiger partial charge in [0, 0.05) is 23.5 Å². The van der Waals surface area contributed by atoms with Crippen LogP contribution in [0.5, 0.6) is 0 Å². The van der Waals surface area contributed by atoms with Crippen molar-refractivity contribution in [3.63, 3.8) is 0 Å². The van der Waals surface area contributed by atoms with E-state index in [1.807, 2.05) is 82.3 Å². The molecule has 3 aromatic rings. The lowest BCUT2D eigenvalue weighted by molar-refractivity contribution is -0.140. The number of benzene rings is 3. The summed E-state index contributed by atoms with van der Waals surface area (Å²) in [7, 11) is -3.85. The van der Waals surface area contributed by atoms with Crippen LogP contribution in [0.4, 0.5) is 5.69 Å². The Bertz CT molecular complexity index is 1450. The highest BCUT2D eigenvalue weighted by Gasteiger charge is 2.34. The van der Waals surface area contributed by atoms with Gasteiger partial charge in [-0.2, -0.15) is 0 Å². The first-order chi connectivity index (χ1) is 18.6. The quantitative estimate of drug-likeness (QED) is 0.352. The van der Waals surface area contributed by atoms with Crippen LogP contribution in [0, 0.1) is 13.8 Å². The van der Waals surface area contributed by atoms with Gasteiger partial charge in [0.05, 0.1) is 11.9 Å². The molecule has 3 aromatic carbocycles. The largest absolute Gasteiger partial charge is 0.350 e. The summed E-state index contributed by atoms with van der Waals surface area (Å²) in [4.78, 5) is 29.4. The smallest absolute Gasteiger partial charge is 0.244 e. The summed E-state index contributed by atoms with van der Waals surface area (Å²) in [6, 6.07) is 21.1. The van der Waals surface area contributed by atoms with Gasteiger partial charge in [0.2, 0.25) is 21.8 Å². The van der Waals surface area contributed by atoms with E-state index in [1.165, 1.54) is 4.90 Å². The molecule has 0 saturated heterocycles. The number of nitrogens with one attached hydrogen (secondary N) is 1. The maximum Gasteiger partial charge on any atom is 0.244 e. The zero-order valence-electron chi connectivity index (χ0n) is 23.9. The second-order valence-electron chi connectivity index (χ2n) is 11.2. The Hall–Kier alpha value is -3.36. The first-order valence-electron chi connectivity index (χ1n) is 13.1. The van der Waals surface area contributed by atoms with Gasteiger partial charge in [-0.25, -0.2) is 8.42 Å². The molecule has 0 fully saturated rings. The van der Waals surface area contributed by atoms with Crippen LogP contribution < -0.4 is 9.62 Å². The predicted molar refractivity (Wildman–Crippen MR) is 162 cm³/mol. The molecule has 3 rings (SSSR count). The summed E-state index contributed by atoms with van der Waals surface area (Å²) in [5.74, 6) is -0.808. The van der Waals surface area contributed by atoms with Gasteiger partial charge in [-0.3, -0.25) is 13.9 Å². The molecule has 0 aliphatic carbocycles. The molecule has 0 unspecified atom stereocenters. The Morgan fingerprint density at radius 3 is 2.15 bits per heavy atom. The van der Waals surface area contributed by atoms with Crippen LogP contribution in [0.15, 0.2) is 72.8 Å². The van der Waals surface area contributed by atoms with Crippen LogP contribution in [-0.4, -0.2) is 49.5 Å². The molecule has 214 valence electrons. The second kappa shape index (κ2) is 12.9. The lowest BCUT2D eigenvalue weighted by Gasteiger charge is -2.35. The van der Waals surface area contributed by atoms with Crippen molar-refractivity contribution >= 4 is 39.1 Å². The van der Waals surface area contributed by atoms with Crippen molar-refractivity contribution < 1.29 is 18.0 Å². The number of nitrogens with zero attached hydrogens (tertiary/aromatic N) is 2. The Morgan fingerprint density at radius 1 is 0.925 bits per heavy atom. The van der Waals surface area contributed by atoms with Crippen molar-refractivity contribution in [3.8, 4) is 0 Å². The van der Waals surface area contributed by atoms with E-state index in [0.717, 1.165) is 27.3 Å². The van der Waals surface area contributed by atoms with Crippen LogP contribution >= 0.6 is 11.6 Å².